The summed E-state index contributed by atoms with van der Waals surface area (Å²) in [6.07, 6.45) is -0.322. The molecule has 1 atom stereocenters. The van der Waals surface area contributed by atoms with Gasteiger partial charge in [-0.05, 0) is 49.4 Å². The van der Waals surface area contributed by atoms with Crippen LogP contribution in [0.5, 0.6) is 5.75 Å². The quantitative estimate of drug-likeness (QED) is 0.416. The highest BCUT2D eigenvalue weighted by atomic mass is 127. The van der Waals surface area contributed by atoms with Crippen molar-refractivity contribution in [1.82, 2.24) is 9.80 Å². The summed E-state index contributed by atoms with van der Waals surface area (Å²) in [6, 6.07) is 1.76. The standard InChI is InChI=1S/C17H21ClFIN2O3/c1-17(2,3)25-16(23)22-5-4-21-7-10-6-12(18)14(20)13(19)15(10)24-9-11(21)8-22/h6,11H,4-5,7-9H2,1-3H3/t11-/m0/s1. The maximum Gasteiger partial charge on any atom is 0.410 e. The number of piperazine rings is 1. The van der Waals surface area contributed by atoms with Gasteiger partial charge in [-0.2, -0.15) is 0 Å². The van der Waals surface area contributed by atoms with Crippen LogP contribution in [0.2, 0.25) is 5.02 Å². The van der Waals surface area contributed by atoms with Crippen LogP contribution >= 0.6 is 34.2 Å². The normalized spacial score (nSPS) is 21.0. The lowest BCUT2D eigenvalue weighted by Crippen LogP contribution is -2.56. The van der Waals surface area contributed by atoms with Crippen molar-refractivity contribution in [2.45, 2.75) is 39.0 Å². The molecule has 1 aromatic rings. The van der Waals surface area contributed by atoms with Gasteiger partial charge < -0.3 is 14.4 Å². The van der Waals surface area contributed by atoms with Gasteiger partial charge in [-0.1, -0.05) is 11.6 Å². The van der Waals surface area contributed by atoms with Gasteiger partial charge in [0.25, 0.3) is 0 Å². The summed E-state index contributed by atoms with van der Waals surface area (Å²) >= 11 is 8.00. The molecule has 138 valence electrons. The first-order chi connectivity index (χ1) is 11.7. The summed E-state index contributed by atoms with van der Waals surface area (Å²) in [6.45, 7) is 8.16. The summed E-state index contributed by atoms with van der Waals surface area (Å²) in [5.74, 6) is -0.140. The molecule has 5 nitrogen and oxygen atoms in total. The van der Waals surface area contributed by atoms with Crippen LogP contribution in [0.3, 0.4) is 0 Å². The van der Waals surface area contributed by atoms with Gasteiger partial charge >= 0.3 is 6.09 Å². The Bertz CT molecular complexity index is 695. The van der Waals surface area contributed by atoms with E-state index in [9.17, 15) is 9.18 Å². The third-order valence-electron chi connectivity index (χ3n) is 4.24. The first-order valence-electron chi connectivity index (χ1n) is 8.17. The van der Waals surface area contributed by atoms with Crippen LogP contribution < -0.4 is 4.74 Å². The Morgan fingerprint density at radius 3 is 2.84 bits per heavy atom. The number of ether oxygens (including phenoxy) is 2. The van der Waals surface area contributed by atoms with E-state index in [-0.39, 0.29) is 17.9 Å². The van der Waals surface area contributed by atoms with Crippen LogP contribution in [-0.4, -0.2) is 53.8 Å². The second-order valence-corrected chi connectivity index (χ2v) is 8.82. The molecule has 0 aromatic heterocycles. The van der Waals surface area contributed by atoms with Gasteiger partial charge in [-0.15, -0.1) is 0 Å². The number of hydrogen-bond donors (Lipinski definition) is 0. The minimum absolute atomic E-state index is 0.00972. The molecule has 2 aliphatic heterocycles. The number of carbonyl (C=O) groups excluding carboxylic acids is 1. The topological polar surface area (TPSA) is 42.0 Å². The predicted molar refractivity (Wildman–Crippen MR) is 102 cm³/mol. The molecule has 0 unspecified atom stereocenters. The molecular formula is C17H21ClFIN2O3. The van der Waals surface area contributed by atoms with Crippen molar-refractivity contribution in [3.8, 4) is 5.75 Å². The average molecular weight is 483 g/mol. The van der Waals surface area contributed by atoms with Crippen LogP contribution in [0.25, 0.3) is 0 Å². The van der Waals surface area contributed by atoms with Crippen molar-refractivity contribution in [2.75, 3.05) is 26.2 Å². The molecule has 1 saturated heterocycles. The molecule has 0 radical (unpaired) electrons. The summed E-state index contributed by atoms with van der Waals surface area (Å²) in [5, 5.41) is 0.395. The SMILES string of the molecule is CC(C)(C)OC(=O)N1CCN2Cc3cc(Cl)c(I)c(F)c3OC[C@@H]2C1. The van der Waals surface area contributed by atoms with Crippen LogP contribution in [0.15, 0.2) is 6.07 Å². The number of fused-ring (bicyclic) bond motifs is 2. The Morgan fingerprint density at radius 1 is 1.44 bits per heavy atom. The molecule has 1 fully saturated rings. The molecule has 2 aliphatic rings. The Kier molecular flexibility index (Phi) is 5.37. The number of nitrogens with zero attached hydrogens (tertiary/aromatic N) is 2. The number of amides is 1. The van der Waals surface area contributed by atoms with E-state index in [1.54, 1.807) is 11.0 Å². The molecule has 8 heteroatoms. The molecule has 25 heavy (non-hydrogen) atoms. The molecule has 2 heterocycles. The van der Waals surface area contributed by atoms with E-state index in [1.807, 2.05) is 43.4 Å². The lowest BCUT2D eigenvalue weighted by atomic mass is 10.1. The van der Waals surface area contributed by atoms with E-state index in [0.29, 0.717) is 41.4 Å². The van der Waals surface area contributed by atoms with Crippen LogP contribution in [0, 0.1) is 9.39 Å². The number of halogens is 3. The van der Waals surface area contributed by atoms with Crippen molar-refractivity contribution in [2.24, 2.45) is 0 Å². The van der Waals surface area contributed by atoms with E-state index in [1.165, 1.54) is 0 Å². The van der Waals surface area contributed by atoms with Gasteiger partial charge in [0, 0.05) is 31.7 Å². The summed E-state index contributed by atoms with van der Waals surface area (Å²) in [4.78, 5) is 16.2. The maximum atomic E-state index is 14.5. The van der Waals surface area contributed by atoms with E-state index >= 15 is 0 Å². The lowest BCUT2D eigenvalue weighted by molar-refractivity contribution is -0.00164. The Morgan fingerprint density at radius 2 is 2.16 bits per heavy atom. The third-order valence-corrected chi connectivity index (χ3v) is 5.92. The zero-order valence-electron chi connectivity index (χ0n) is 14.4. The molecule has 0 spiro atoms. The van der Waals surface area contributed by atoms with E-state index in [2.05, 4.69) is 4.90 Å². The second-order valence-electron chi connectivity index (χ2n) is 7.34. The van der Waals surface area contributed by atoms with Crippen molar-refractivity contribution in [3.05, 3.63) is 26.0 Å². The zero-order chi connectivity index (χ0) is 18.4. The molecule has 1 aromatic carbocycles. The predicted octanol–water partition coefficient (Wildman–Crippen LogP) is 3.90. The molecule has 0 saturated carbocycles. The summed E-state index contributed by atoms with van der Waals surface area (Å²) in [5.41, 5.74) is 0.220. The second kappa shape index (κ2) is 7.08. The monoisotopic (exact) mass is 482 g/mol. The Hall–Kier alpha value is -0.800. The van der Waals surface area contributed by atoms with Crippen molar-refractivity contribution < 1.29 is 18.7 Å². The Labute approximate surface area is 165 Å². The van der Waals surface area contributed by atoms with E-state index < -0.39 is 11.4 Å². The smallest absolute Gasteiger partial charge is 0.410 e. The van der Waals surface area contributed by atoms with Gasteiger partial charge in [0.1, 0.15) is 12.2 Å². The first-order valence-corrected chi connectivity index (χ1v) is 9.62. The first kappa shape index (κ1) is 19.0. The highest BCUT2D eigenvalue weighted by molar-refractivity contribution is 14.1. The molecular weight excluding hydrogens is 462 g/mol. The third kappa shape index (κ3) is 4.14. The van der Waals surface area contributed by atoms with Crippen molar-refractivity contribution in [1.29, 1.82) is 0 Å². The minimum Gasteiger partial charge on any atom is -0.488 e. The molecule has 0 N–H and O–H groups in total. The highest BCUT2D eigenvalue weighted by Gasteiger charge is 2.35. The zero-order valence-corrected chi connectivity index (χ0v) is 17.4. The number of benzene rings is 1. The van der Waals surface area contributed by atoms with Gasteiger partial charge in [0.05, 0.1) is 14.6 Å². The fraction of sp³-hybridized carbons (Fsp3) is 0.588. The number of rotatable bonds is 0. The van der Waals surface area contributed by atoms with Gasteiger partial charge in [-0.3, -0.25) is 4.90 Å². The molecule has 3 rings (SSSR count). The van der Waals surface area contributed by atoms with Gasteiger partial charge in [-0.25, -0.2) is 9.18 Å². The van der Waals surface area contributed by atoms with Crippen molar-refractivity contribution in [3.63, 3.8) is 0 Å². The maximum absolute atomic E-state index is 14.5. The highest BCUT2D eigenvalue weighted by Crippen LogP contribution is 2.36. The van der Waals surface area contributed by atoms with Gasteiger partial charge in [0.2, 0.25) is 0 Å². The van der Waals surface area contributed by atoms with E-state index in [4.69, 9.17) is 21.1 Å². The fourth-order valence-corrected chi connectivity index (χ4v) is 3.67. The van der Waals surface area contributed by atoms with Crippen molar-refractivity contribution >= 4 is 40.3 Å². The number of carbonyl (C=O) groups is 1. The molecule has 0 aliphatic carbocycles. The fourth-order valence-electron chi connectivity index (χ4n) is 3.05. The summed E-state index contributed by atoms with van der Waals surface area (Å²) in [7, 11) is 0. The average Bonchev–Trinajstić information content (AvgIpc) is 2.69. The van der Waals surface area contributed by atoms with Gasteiger partial charge in [0.15, 0.2) is 11.6 Å². The minimum atomic E-state index is -0.527. The largest absolute Gasteiger partial charge is 0.488 e. The Balaban J connectivity index is 1.75. The number of hydrogen-bond acceptors (Lipinski definition) is 4. The van der Waals surface area contributed by atoms with Crippen LogP contribution in [0.1, 0.15) is 26.3 Å². The lowest BCUT2D eigenvalue weighted by Gasteiger charge is -2.40. The molecule has 1 amide bonds. The van der Waals surface area contributed by atoms with Crippen LogP contribution in [-0.2, 0) is 11.3 Å². The van der Waals surface area contributed by atoms with Crippen LogP contribution in [0.4, 0.5) is 9.18 Å². The summed E-state index contributed by atoms with van der Waals surface area (Å²) < 4.78 is 26.0. The molecule has 0 bridgehead atoms. The van der Waals surface area contributed by atoms with E-state index in [0.717, 1.165) is 5.56 Å².